The first-order valence-electron chi connectivity index (χ1n) is 9.07. The van der Waals surface area contributed by atoms with Gasteiger partial charge in [0.1, 0.15) is 5.82 Å². The Bertz CT molecular complexity index is 738. The van der Waals surface area contributed by atoms with Gasteiger partial charge >= 0.3 is 0 Å². The van der Waals surface area contributed by atoms with Crippen LogP contribution in [0.3, 0.4) is 0 Å². The van der Waals surface area contributed by atoms with E-state index in [0.29, 0.717) is 23.0 Å². The first-order valence-corrected chi connectivity index (χ1v) is 9.45. The number of benzene rings is 2. The summed E-state index contributed by atoms with van der Waals surface area (Å²) in [4.78, 5) is 14.5. The molecule has 0 radical (unpaired) electrons. The Balaban J connectivity index is 1.36. The second kappa shape index (κ2) is 9.15. The number of likely N-dealkylation sites (tertiary alicyclic amines) is 1. The molecule has 1 atom stereocenters. The summed E-state index contributed by atoms with van der Waals surface area (Å²) < 4.78 is 13.0. The van der Waals surface area contributed by atoms with Gasteiger partial charge in [-0.1, -0.05) is 48.0 Å². The zero-order valence-corrected chi connectivity index (χ0v) is 15.5. The van der Waals surface area contributed by atoms with Gasteiger partial charge in [-0.05, 0) is 48.6 Å². The number of hydrogen-bond acceptors (Lipinski definition) is 2. The predicted molar refractivity (Wildman–Crippen MR) is 103 cm³/mol. The summed E-state index contributed by atoms with van der Waals surface area (Å²) in [7, 11) is 0. The van der Waals surface area contributed by atoms with Gasteiger partial charge in [0.05, 0.1) is 6.42 Å². The number of rotatable bonds is 7. The fourth-order valence-electron chi connectivity index (χ4n) is 3.45. The molecule has 1 aliphatic heterocycles. The van der Waals surface area contributed by atoms with Crippen molar-refractivity contribution in [1.82, 2.24) is 10.2 Å². The third kappa shape index (κ3) is 5.55. The molecular formula is C21H24ClFN2O. The van der Waals surface area contributed by atoms with Crippen LogP contribution in [0.15, 0.2) is 48.5 Å². The molecule has 26 heavy (non-hydrogen) atoms. The topological polar surface area (TPSA) is 32.3 Å². The Hall–Kier alpha value is -1.91. The van der Waals surface area contributed by atoms with Crippen molar-refractivity contribution in [2.45, 2.75) is 25.8 Å². The predicted octanol–water partition coefficient (Wildman–Crippen LogP) is 4.05. The maximum absolute atomic E-state index is 13.0. The van der Waals surface area contributed by atoms with Crippen molar-refractivity contribution < 1.29 is 9.18 Å². The Morgan fingerprint density at radius 1 is 1.23 bits per heavy atom. The normalized spacial score (nSPS) is 17.4. The van der Waals surface area contributed by atoms with E-state index in [1.807, 2.05) is 6.07 Å². The lowest BCUT2D eigenvalue weighted by atomic mass is 10.1. The number of carbonyl (C=O) groups is 1. The highest BCUT2D eigenvalue weighted by Gasteiger charge is 2.22. The minimum atomic E-state index is -0.388. The molecule has 0 saturated carbocycles. The molecule has 2 aromatic carbocycles. The summed E-state index contributed by atoms with van der Waals surface area (Å²) in [6.45, 7) is 3.85. The highest BCUT2D eigenvalue weighted by atomic mass is 35.5. The molecule has 1 saturated heterocycles. The zero-order chi connectivity index (χ0) is 18.4. The smallest absolute Gasteiger partial charge is 0.224 e. The van der Waals surface area contributed by atoms with E-state index in [0.717, 1.165) is 26.1 Å². The van der Waals surface area contributed by atoms with E-state index in [2.05, 4.69) is 34.5 Å². The minimum absolute atomic E-state index is 0.0716. The maximum Gasteiger partial charge on any atom is 0.224 e. The van der Waals surface area contributed by atoms with Crippen molar-refractivity contribution in [2.24, 2.45) is 5.92 Å². The van der Waals surface area contributed by atoms with Crippen LogP contribution in [0.1, 0.15) is 24.0 Å². The molecule has 1 aliphatic rings. The molecule has 138 valence electrons. The molecule has 0 aliphatic carbocycles. The molecule has 3 rings (SSSR count). The lowest BCUT2D eigenvalue weighted by molar-refractivity contribution is -0.120. The Kier molecular flexibility index (Phi) is 6.64. The van der Waals surface area contributed by atoms with Gasteiger partial charge < -0.3 is 5.32 Å². The van der Waals surface area contributed by atoms with E-state index >= 15 is 0 Å². The van der Waals surface area contributed by atoms with Crippen molar-refractivity contribution in [3.8, 4) is 0 Å². The molecule has 0 spiro atoms. The summed E-state index contributed by atoms with van der Waals surface area (Å²) in [5.74, 6) is 0.159. The van der Waals surface area contributed by atoms with Crippen LogP contribution in [0.5, 0.6) is 0 Å². The number of amides is 1. The van der Waals surface area contributed by atoms with Crippen molar-refractivity contribution >= 4 is 17.5 Å². The molecule has 0 bridgehead atoms. The van der Waals surface area contributed by atoms with Gasteiger partial charge in [-0.25, -0.2) is 4.39 Å². The van der Waals surface area contributed by atoms with Gasteiger partial charge in [-0.3, -0.25) is 9.69 Å². The maximum atomic E-state index is 13.0. The third-order valence-corrected chi connectivity index (χ3v) is 5.21. The fourth-order valence-corrected chi connectivity index (χ4v) is 3.68. The van der Waals surface area contributed by atoms with E-state index in [-0.39, 0.29) is 18.1 Å². The standard InChI is InChI=1S/C21H24ClFN2O/c22-20-13-19(23)7-6-18(20)12-21(26)24-10-8-17-9-11-25(15-17)14-16-4-2-1-3-5-16/h1-7,13,17H,8-12,14-15H2,(H,24,26)/t17-/m0/s1. The van der Waals surface area contributed by atoms with E-state index in [4.69, 9.17) is 11.6 Å². The van der Waals surface area contributed by atoms with Crippen molar-refractivity contribution in [1.29, 1.82) is 0 Å². The van der Waals surface area contributed by atoms with Crippen LogP contribution in [-0.4, -0.2) is 30.4 Å². The molecule has 1 heterocycles. The number of nitrogens with zero attached hydrogens (tertiary/aromatic N) is 1. The summed E-state index contributed by atoms with van der Waals surface area (Å²) in [6.07, 6.45) is 2.34. The average Bonchev–Trinajstić information content (AvgIpc) is 3.05. The van der Waals surface area contributed by atoms with Gasteiger partial charge in [-0.15, -0.1) is 0 Å². The van der Waals surface area contributed by atoms with Crippen molar-refractivity contribution in [3.05, 3.63) is 70.5 Å². The summed E-state index contributed by atoms with van der Waals surface area (Å²) in [6, 6.07) is 14.6. The van der Waals surface area contributed by atoms with Gasteiger partial charge in [0.15, 0.2) is 0 Å². The van der Waals surface area contributed by atoms with E-state index < -0.39 is 0 Å². The monoisotopic (exact) mass is 374 g/mol. The Labute approximate surface area is 159 Å². The molecule has 1 fully saturated rings. The van der Waals surface area contributed by atoms with Crippen LogP contribution in [0.4, 0.5) is 4.39 Å². The lowest BCUT2D eigenvalue weighted by Gasteiger charge is -2.16. The quantitative estimate of drug-likeness (QED) is 0.793. The van der Waals surface area contributed by atoms with Gasteiger partial charge in [-0.2, -0.15) is 0 Å². The van der Waals surface area contributed by atoms with Crippen LogP contribution in [0.25, 0.3) is 0 Å². The number of nitrogens with one attached hydrogen (secondary N) is 1. The second-order valence-electron chi connectivity index (χ2n) is 6.93. The van der Waals surface area contributed by atoms with Crippen LogP contribution < -0.4 is 5.32 Å². The van der Waals surface area contributed by atoms with Crippen molar-refractivity contribution in [2.75, 3.05) is 19.6 Å². The number of halogens is 2. The lowest BCUT2D eigenvalue weighted by Crippen LogP contribution is -2.28. The van der Waals surface area contributed by atoms with E-state index in [1.165, 1.54) is 24.1 Å². The highest BCUT2D eigenvalue weighted by Crippen LogP contribution is 2.21. The fraction of sp³-hybridized carbons (Fsp3) is 0.381. The third-order valence-electron chi connectivity index (χ3n) is 4.86. The molecule has 0 unspecified atom stereocenters. The average molecular weight is 375 g/mol. The first-order chi connectivity index (χ1) is 12.6. The first kappa shape index (κ1) is 18.9. The minimum Gasteiger partial charge on any atom is -0.356 e. The van der Waals surface area contributed by atoms with Gasteiger partial charge in [0.2, 0.25) is 5.91 Å². The molecular weight excluding hydrogens is 351 g/mol. The summed E-state index contributed by atoms with van der Waals surface area (Å²) in [5.41, 5.74) is 2.00. The molecule has 0 aromatic heterocycles. The Morgan fingerprint density at radius 3 is 2.81 bits per heavy atom. The largest absolute Gasteiger partial charge is 0.356 e. The van der Waals surface area contributed by atoms with Crippen LogP contribution in [0, 0.1) is 11.7 Å². The SMILES string of the molecule is O=C(Cc1ccc(F)cc1Cl)NCC[C@H]1CCN(Cc2ccccc2)C1. The summed E-state index contributed by atoms with van der Waals surface area (Å²) >= 11 is 5.97. The Morgan fingerprint density at radius 2 is 2.04 bits per heavy atom. The highest BCUT2D eigenvalue weighted by molar-refractivity contribution is 6.31. The molecule has 5 heteroatoms. The van der Waals surface area contributed by atoms with Crippen LogP contribution in [0.2, 0.25) is 5.02 Å². The van der Waals surface area contributed by atoms with E-state index in [1.54, 1.807) is 6.07 Å². The second-order valence-corrected chi connectivity index (χ2v) is 7.33. The van der Waals surface area contributed by atoms with Crippen LogP contribution in [-0.2, 0) is 17.8 Å². The summed E-state index contributed by atoms with van der Waals surface area (Å²) in [5, 5.41) is 3.25. The zero-order valence-electron chi connectivity index (χ0n) is 14.8. The van der Waals surface area contributed by atoms with Crippen molar-refractivity contribution in [3.63, 3.8) is 0 Å². The molecule has 2 aromatic rings. The van der Waals surface area contributed by atoms with Crippen LogP contribution >= 0.6 is 11.6 Å². The molecule has 1 N–H and O–H groups in total. The molecule has 1 amide bonds. The van der Waals surface area contributed by atoms with Gasteiger partial charge in [0.25, 0.3) is 0 Å². The number of carbonyl (C=O) groups excluding carboxylic acids is 1. The van der Waals surface area contributed by atoms with Gasteiger partial charge in [0, 0.05) is 24.7 Å². The molecule has 3 nitrogen and oxygen atoms in total. The van der Waals surface area contributed by atoms with E-state index in [9.17, 15) is 9.18 Å². The number of hydrogen-bond donors (Lipinski definition) is 1.